The Labute approximate surface area is 430 Å². The van der Waals surface area contributed by atoms with Crippen molar-refractivity contribution in [3.63, 3.8) is 0 Å². The number of aliphatic hydroxyl groups is 1. The molecule has 0 spiro atoms. The van der Waals surface area contributed by atoms with Crippen LogP contribution in [0, 0.1) is 0 Å². The average Bonchev–Trinajstić information content (AvgIpc) is 3.32. The maximum Gasteiger partial charge on any atom is 0.268 e. The SMILES string of the molecule is CC/C=C\C/C=C\C/C=C\C/C=C\C/C=C\C/C=C\C/C=C\C/C=C\C/C=C\CCCCCC(=O)NC(COP(=O)([O-])OCC[N+](C)(C)C)C(O)/C=C/CC/C=C/CCCCCCCCCCCCC. The largest absolute Gasteiger partial charge is 0.756 e. The van der Waals surface area contributed by atoms with Crippen LogP contribution < -0.4 is 10.2 Å². The maximum absolute atomic E-state index is 12.9. The molecule has 0 aliphatic rings. The Hall–Kier alpha value is -3.36. The molecule has 0 aliphatic heterocycles. The molecule has 0 saturated heterocycles. The van der Waals surface area contributed by atoms with Gasteiger partial charge in [0.2, 0.25) is 5.91 Å². The van der Waals surface area contributed by atoms with Crippen LogP contribution in [0.15, 0.2) is 134 Å². The molecule has 0 fully saturated rings. The van der Waals surface area contributed by atoms with E-state index in [1.165, 1.54) is 70.6 Å². The van der Waals surface area contributed by atoms with E-state index < -0.39 is 26.6 Å². The molecule has 3 unspecified atom stereocenters. The topological polar surface area (TPSA) is 108 Å². The minimum Gasteiger partial charge on any atom is -0.756 e. The van der Waals surface area contributed by atoms with Gasteiger partial charge in [-0.1, -0.05) is 218 Å². The molecule has 0 aromatic heterocycles. The van der Waals surface area contributed by atoms with Gasteiger partial charge in [0.1, 0.15) is 13.2 Å². The summed E-state index contributed by atoms with van der Waals surface area (Å²) in [5.74, 6) is -0.245. The van der Waals surface area contributed by atoms with Crippen LogP contribution in [0.2, 0.25) is 0 Å². The molecule has 0 aromatic carbocycles. The van der Waals surface area contributed by atoms with E-state index >= 15 is 0 Å². The Morgan fingerprint density at radius 1 is 0.514 bits per heavy atom. The highest BCUT2D eigenvalue weighted by atomic mass is 31.2. The van der Waals surface area contributed by atoms with Crippen LogP contribution in [0.1, 0.15) is 194 Å². The fraction of sp³-hybridized carbons (Fsp3) is 0.623. The lowest BCUT2D eigenvalue weighted by Gasteiger charge is -2.29. The van der Waals surface area contributed by atoms with Crippen LogP contribution in [0.25, 0.3) is 0 Å². The molecule has 3 atom stereocenters. The van der Waals surface area contributed by atoms with Crippen molar-refractivity contribution in [2.45, 2.75) is 206 Å². The van der Waals surface area contributed by atoms with E-state index in [1.54, 1.807) is 6.08 Å². The fourth-order valence-corrected chi connectivity index (χ4v) is 7.76. The molecule has 70 heavy (non-hydrogen) atoms. The molecule has 8 nitrogen and oxygen atoms in total. The summed E-state index contributed by atoms with van der Waals surface area (Å²) < 4.78 is 23.3. The third-order valence-corrected chi connectivity index (χ3v) is 12.3. The Morgan fingerprint density at radius 2 is 0.886 bits per heavy atom. The molecule has 0 bridgehead atoms. The lowest BCUT2D eigenvalue weighted by atomic mass is 10.1. The van der Waals surface area contributed by atoms with Crippen LogP contribution in [-0.4, -0.2) is 68.5 Å². The van der Waals surface area contributed by atoms with Crippen molar-refractivity contribution in [3.05, 3.63) is 134 Å². The van der Waals surface area contributed by atoms with Gasteiger partial charge in [-0.2, -0.15) is 0 Å². The summed E-state index contributed by atoms with van der Waals surface area (Å²) in [6.07, 6.45) is 76.6. The van der Waals surface area contributed by atoms with Gasteiger partial charge in [0.15, 0.2) is 0 Å². The second kappa shape index (κ2) is 50.6. The molecule has 0 heterocycles. The van der Waals surface area contributed by atoms with Crippen LogP contribution in [0.3, 0.4) is 0 Å². The van der Waals surface area contributed by atoms with Gasteiger partial charge in [0.25, 0.3) is 7.82 Å². The number of quaternary nitrogens is 1. The van der Waals surface area contributed by atoms with Crippen molar-refractivity contribution in [3.8, 4) is 0 Å². The molecule has 0 aromatic rings. The zero-order chi connectivity index (χ0) is 51.3. The van der Waals surface area contributed by atoms with Crippen molar-refractivity contribution in [2.24, 2.45) is 0 Å². The number of nitrogens with one attached hydrogen (secondary N) is 1. The molecular weight excluding hydrogens is 888 g/mol. The van der Waals surface area contributed by atoms with E-state index in [4.69, 9.17) is 9.05 Å². The van der Waals surface area contributed by atoms with Crippen LogP contribution in [0.5, 0.6) is 0 Å². The summed E-state index contributed by atoms with van der Waals surface area (Å²) in [7, 11) is 1.20. The van der Waals surface area contributed by atoms with Gasteiger partial charge in [-0.3, -0.25) is 9.36 Å². The van der Waals surface area contributed by atoms with Crippen LogP contribution in [0.4, 0.5) is 0 Å². The van der Waals surface area contributed by atoms with E-state index in [-0.39, 0.29) is 18.9 Å². The number of nitrogens with zero attached hydrogens (tertiary/aromatic N) is 1. The minimum atomic E-state index is -4.62. The van der Waals surface area contributed by atoms with Gasteiger partial charge in [-0.15, -0.1) is 0 Å². The Bertz CT molecular complexity index is 1590. The first-order chi connectivity index (χ1) is 34.0. The van der Waals surface area contributed by atoms with E-state index in [0.717, 1.165) is 96.3 Å². The number of carbonyl (C=O) groups excluding carboxylic acids is 1. The number of phosphoric acid groups is 1. The zero-order valence-electron chi connectivity index (χ0n) is 45.2. The number of hydrogen-bond donors (Lipinski definition) is 2. The third-order valence-electron chi connectivity index (χ3n) is 11.3. The molecule has 0 saturated carbocycles. The number of carbonyl (C=O) groups is 1. The molecule has 398 valence electrons. The second-order valence-corrected chi connectivity index (χ2v) is 20.6. The Kier molecular flexibility index (Phi) is 48.1. The summed E-state index contributed by atoms with van der Waals surface area (Å²) in [6, 6.07) is -0.932. The first-order valence-corrected chi connectivity index (χ1v) is 29.0. The van der Waals surface area contributed by atoms with E-state index in [0.29, 0.717) is 17.4 Å². The molecule has 1 amide bonds. The third kappa shape index (κ3) is 52.5. The van der Waals surface area contributed by atoms with Crippen molar-refractivity contribution < 1.29 is 32.9 Å². The van der Waals surface area contributed by atoms with Crippen LogP contribution >= 0.6 is 7.82 Å². The first-order valence-electron chi connectivity index (χ1n) is 27.5. The van der Waals surface area contributed by atoms with Gasteiger partial charge in [0.05, 0.1) is 39.9 Å². The number of unbranched alkanes of at least 4 members (excludes halogenated alkanes) is 15. The molecule has 9 heteroatoms. The standard InChI is InChI=1S/C61H103N2O6P/c1-6-8-10-12-14-16-18-20-22-24-25-26-27-28-29-30-31-32-33-34-35-36-37-39-41-43-45-47-49-51-53-55-61(65)62-59(58-69-70(66,67)68-57-56-63(3,4)5)60(64)54-52-50-48-46-44-42-40-38-23-21-19-17-15-13-11-9-7-2/h8,10,14,16,20,22,25-26,28-29,31-32,34-35,37,39,43-46,52,54,59-60,64H,6-7,9,11-13,15,17-19,21,23-24,27,30,33,36,38,40-42,47-51,53,55-58H2,1-5H3,(H-,62,65,66,67)/b10-8-,16-14-,22-20-,26-25-,29-28-,32-31-,35-34-,39-37-,45-43-,46-44+,54-52+. The quantitative estimate of drug-likeness (QED) is 0.0272. The molecule has 0 radical (unpaired) electrons. The highest BCUT2D eigenvalue weighted by Gasteiger charge is 2.23. The van der Waals surface area contributed by atoms with Gasteiger partial charge >= 0.3 is 0 Å². The van der Waals surface area contributed by atoms with Crippen molar-refractivity contribution in [1.82, 2.24) is 5.32 Å². The minimum absolute atomic E-state index is 0.0210. The van der Waals surface area contributed by atoms with Gasteiger partial charge in [-0.25, -0.2) is 0 Å². The molecular formula is C61H103N2O6P. The number of rotatable bonds is 48. The first kappa shape index (κ1) is 66.6. The molecule has 0 rings (SSSR count). The second-order valence-electron chi connectivity index (χ2n) is 19.2. The summed E-state index contributed by atoms with van der Waals surface area (Å²) >= 11 is 0. The zero-order valence-corrected chi connectivity index (χ0v) is 46.1. The summed E-state index contributed by atoms with van der Waals surface area (Å²) in [4.78, 5) is 25.4. The number of hydrogen-bond acceptors (Lipinski definition) is 6. The Morgan fingerprint density at radius 3 is 1.33 bits per heavy atom. The highest BCUT2D eigenvalue weighted by molar-refractivity contribution is 7.45. The van der Waals surface area contributed by atoms with Gasteiger partial charge < -0.3 is 28.8 Å². The number of likely N-dealkylation sites (N-methyl/N-ethyl adjacent to an activating group) is 1. The average molecular weight is 991 g/mol. The summed E-state index contributed by atoms with van der Waals surface area (Å²) in [5.41, 5.74) is 0. The molecule has 2 N–H and O–H groups in total. The number of aliphatic hydroxyl groups excluding tert-OH is 1. The fourth-order valence-electron chi connectivity index (χ4n) is 7.04. The van der Waals surface area contributed by atoms with Crippen molar-refractivity contribution in [2.75, 3.05) is 40.9 Å². The van der Waals surface area contributed by atoms with E-state index in [2.05, 4.69) is 141 Å². The number of amides is 1. The van der Waals surface area contributed by atoms with E-state index in [9.17, 15) is 19.4 Å². The van der Waals surface area contributed by atoms with Gasteiger partial charge in [-0.05, 0) is 103 Å². The predicted molar refractivity (Wildman–Crippen MR) is 302 cm³/mol. The van der Waals surface area contributed by atoms with Crippen molar-refractivity contribution >= 4 is 13.7 Å². The molecule has 0 aliphatic carbocycles. The maximum atomic E-state index is 12.9. The number of phosphoric ester groups is 1. The number of allylic oxidation sites excluding steroid dienone is 21. The van der Waals surface area contributed by atoms with Crippen molar-refractivity contribution in [1.29, 1.82) is 0 Å². The predicted octanol–water partition coefficient (Wildman–Crippen LogP) is 16.1. The summed E-state index contributed by atoms with van der Waals surface area (Å²) in [5, 5.41) is 13.8. The monoisotopic (exact) mass is 991 g/mol. The lowest BCUT2D eigenvalue weighted by molar-refractivity contribution is -0.870. The van der Waals surface area contributed by atoms with Crippen LogP contribution in [-0.2, 0) is 18.4 Å². The smallest absolute Gasteiger partial charge is 0.268 e. The van der Waals surface area contributed by atoms with Gasteiger partial charge in [0, 0.05) is 6.42 Å². The Balaban J connectivity index is 4.39. The highest BCUT2D eigenvalue weighted by Crippen LogP contribution is 2.38. The normalized spacial score (nSPS) is 15.0. The van der Waals surface area contributed by atoms with E-state index in [1.807, 2.05) is 27.2 Å². The summed E-state index contributed by atoms with van der Waals surface area (Å²) in [6.45, 7) is 4.46. The lowest BCUT2D eigenvalue weighted by Crippen LogP contribution is -2.45.